The van der Waals surface area contributed by atoms with E-state index in [4.69, 9.17) is 4.74 Å². The van der Waals surface area contributed by atoms with Crippen molar-refractivity contribution < 1.29 is 14.3 Å². The number of nitrogens with zero attached hydrogens (tertiary/aromatic N) is 2. The molecule has 5 nitrogen and oxygen atoms in total. The Bertz CT molecular complexity index is 745. The first kappa shape index (κ1) is 17.5. The highest BCUT2D eigenvalue weighted by Gasteiger charge is 2.37. The first-order chi connectivity index (χ1) is 12.1. The maximum Gasteiger partial charge on any atom is 0.245 e. The zero-order valence-corrected chi connectivity index (χ0v) is 15.3. The number of carbonyl (C=O) groups excluding carboxylic acids is 2. The molecule has 0 radical (unpaired) electrons. The van der Waals surface area contributed by atoms with E-state index in [1.165, 1.54) is 0 Å². The molecule has 0 bridgehead atoms. The van der Waals surface area contributed by atoms with Crippen LogP contribution in [-0.4, -0.2) is 41.8 Å². The Morgan fingerprint density at radius 2 is 2.12 bits per heavy atom. The van der Waals surface area contributed by atoms with E-state index in [1.807, 2.05) is 41.8 Å². The van der Waals surface area contributed by atoms with Gasteiger partial charge in [-0.05, 0) is 23.9 Å². The van der Waals surface area contributed by atoms with Crippen molar-refractivity contribution in [1.82, 2.24) is 9.80 Å². The van der Waals surface area contributed by atoms with E-state index in [0.717, 1.165) is 16.2 Å². The minimum atomic E-state index is -0.401. The van der Waals surface area contributed by atoms with Crippen molar-refractivity contribution in [3.63, 3.8) is 0 Å². The first-order valence-corrected chi connectivity index (χ1v) is 9.17. The van der Waals surface area contributed by atoms with Crippen molar-refractivity contribution in [2.24, 2.45) is 0 Å². The summed E-state index contributed by atoms with van der Waals surface area (Å²) in [4.78, 5) is 29.8. The zero-order chi connectivity index (χ0) is 17.8. The van der Waals surface area contributed by atoms with Gasteiger partial charge in [-0.3, -0.25) is 9.59 Å². The van der Waals surface area contributed by atoms with Crippen molar-refractivity contribution in [2.75, 3.05) is 14.2 Å². The molecule has 2 aromatic rings. The topological polar surface area (TPSA) is 49.9 Å². The van der Waals surface area contributed by atoms with E-state index in [2.05, 4.69) is 0 Å². The van der Waals surface area contributed by atoms with Crippen LogP contribution in [0.3, 0.4) is 0 Å². The lowest BCUT2D eigenvalue weighted by Crippen LogP contribution is -2.44. The summed E-state index contributed by atoms with van der Waals surface area (Å²) in [5.74, 6) is 0.753. The van der Waals surface area contributed by atoms with Gasteiger partial charge in [-0.1, -0.05) is 24.3 Å². The molecule has 25 heavy (non-hydrogen) atoms. The number of hydrogen-bond acceptors (Lipinski definition) is 4. The van der Waals surface area contributed by atoms with Gasteiger partial charge in [0.15, 0.2) is 0 Å². The molecule has 1 saturated heterocycles. The lowest BCUT2D eigenvalue weighted by molar-refractivity contribution is -0.141. The number of rotatable bonds is 6. The van der Waals surface area contributed by atoms with E-state index in [1.54, 1.807) is 35.3 Å². The summed E-state index contributed by atoms with van der Waals surface area (Å²) in [6.07, 6.45) is 0.986. The van der Waals surface area contributed by atoms with Crippen LogP contribution in [-0.2, 0) is 22.7 Å². The molecule has 0 saturated carbocycles. The predicted molar refractivity (Wildman–Crippen MR) is 97.4 cm³/mol. The second-order valence-corrected chi connectivity index (χ2v) is 7.19. The third kappa shape index (κ3) is 3.85. The van der Waals surface area contributed by atoms with E-state index in [9.17, 15) is 9.59 Å². The first-order valence-electron chi connectivity index (χ1n) is 8.29. The van der Waals surface area contributed by atoms with Gasteiger partial charge in [-0.25, -0.2) is 0 Å². The number of para-hydroxylation sites is 1. The number of hydrogen-bond donors (Lipinski definition) is 0. The van der Waals surface area contributed by atoms with Crippen molar-refractivity contribution in [3.8, 4) is 5.75 Å². The molecular weight excluding hydrogens is 336 g/mol. The molecule has 1 aliphatic rings. The summed E-state index contributed by atoms with van der Waals surface area (Å²) < 4.78 is 5.37. The molecule has 132 valence electrons. The van der Waals surface area contributed by atoms with Crippen LogP contribution >= 0.6 is 11.3 Å². The van der Waals surface area contributed by atoms with Crippen molar-refractivity contribution in [1.29, 1.82) is 0 Å². The molecule has 1 unspecified atom stereocenters. The van der Waals surface area contributed by atoms with Gasteiger partial charge in [-0.2, -0.15) is 0 Å². The zero-order valence-electron chi connectivity index (χ0n) is 14.5. The van der Waals surface area contributed by atoms with Gasteiger partial charge in [0.1, 0.15) is 11.8 Å². The Morgan fingerprint density at radius 1 is 1.32 bits per heavy atom. The fraction of sp³-hybridized carbons (Fsp3) is 0.368. The van der Waals surface area contributed by atoms with Gasteiger partial charge in [-0.15, -0.1) is 11.3 Å². The molecule has 1 fully saturated rings. The summed E-state index contributed by atoms with van der Waals surface area (Å²) >= 11 is 1.63. The van der Waals surface area contributed by atoms with Crippen LogP contribution in [0.5, 0.6) is 5.75 Å². The standard InChI is InChI=1S/C19H22N2O3S/c1-20(13-15-7-5-11-25-15)19(23)16-9-10-18(22)21(16)12-14-6-3-4-8-17(14)24-2/h3-8,11,16H,9-10,12-13H2,1-2H3. The summed E-state index contributed by atoms with van der Waals surface area (Å²) in [6, 6.07) is 11.2. The number of carbonyl (C=O) groups is 2. The largest absolute Gasteiger partial charge is 0.496 e. The Balaban J connectivity index is 1.73. The summed E-state index contributed by atoms with van der Waals surface area (Å²) in [5.41, 5.74) is 0.916. The van der Waals surface area contributed by atoms with E-state index in [-0.39, 0.29) is 11.8 Å². The monoisotopic (exact) mass is 358 g/mol. The summed E-state index contributed by atoms with van der Waals surface area (Å²) in [7, 11) is 3.41. The predicted octanol–water partition coefficient (Wildman–Crippen LogP) is 2.91. The van der Waals surface area contributed by atoms with E-state index >= 15 is 0 Å². The highest BCUT2D eigenvalue weighted by atomic mass is 32.1. The molecule has 0 spiro atoms. The Labute approximate surface area is 151 Å². The van der Waals surface area contributed by atoms with E-state index in [0.29, 0.717) is 25.9 Å². The molecule has 0 aliphatic carbocycles. The van der Waals surface area contributed by atoms with Crippen LogP contribution in [0.15, 0.2) is 41.8 Å². The van der Waals surface area contributed by atoms with Crippen LogP contribution in [0.4, 0.5) is 0 Å². The quantitative estimate of drug-likeness (QED) is 0.798. The van der Waals surface area contributed by atoms with Crippen LogP contribution in [0.2, 0.25) is 0 Å². The Hall–Kier alpha value is -2.34. The maximum atomic E-state index is 12.9. The molecule has 6 heteroatoms. The van der Waals surface area contributed by atoms with Gasteiger partial charge in [0.25, 0.3) is 0 Å². The fourth-order valence-corrected chi connectivity index (χ4v) is 3.93. The number of methoxy groups -OCH3 is 1. The maximum absolute atomic E-state index is 12.9. The van der Waals surface area contributed by atoms with Crippen molar-refractivity contribution >= 4 is 23.2 Å². The highest BCUT2D eigenvalue weighted by Crippen LogP contribution is 2.27. The van der Waals surface area contributed by atoms with Gasteiger partial charge in [0, 0.05) is 23.9 Å². The molecule has 1 aliphatic heterocycles. The normalized spacial score (nSPS) is 17.0. The molecule has 1 aromatic heterocycles. The van der Waals surface area contributed by atoms with Gasteiger partial charge in [0.05, 0.1) is 20.2 Å². The smallest absolute Gasteiger partial charge is 0.245 e. The molecular formula is C19H22N2O3S. The lowest BCUT2D eigenvalue weighted by Gasteiger charge is -2.28. The molecule has 0 N–H and O–H groups in total. The molecule has 3 rings (SSSR count). The number of thiophene rings is 1. The Morgan fingerprint density at radius 3 is 2.84 bits per heavy atom. The number of likely N-dealkylation sites (N-methyl/N-ethyl adjacent to an activating group) is 1. The molecule has 1 atom stereocenters. The summed E-state index contributed by atoms with van der Waals surface area (Å²) in [5, 5.41) is 2.00. The second-order valence-electron chi connectivity index (χ2n) is 6.16. The second kappa shape index (κ2) is 7.70. The fourth-order valence-electron chi connectivity index (χ4n) is 3.17. The molecule has 2 heterocycles. The highest BCUT2D eigenvalue weighted by molar-refractivity contribution is 7.09. The van der Waals surface area contributed by atoms with Crippen LogP contribution in [0.25, 0.3) is 0 Å². The van der Waals surface area contributed by atoms with Gasteiger partial charge < -0.3 is 14.5 Å². The van der Waals surface area contributed by atoms with E-state index < -0.39 is 6.04 Å². The average molecular weight is 358 g/mol. The number of amides is 2. The average Bonchev–Trinajstić information content (AvgIpc) is 3.25. The molecule has 2 amide bonds. The van der Waals surface area contributed by atoms with Gasteiger partial charge >= 0.3 is 0 Å². The van der Waals surface area contributed by atoms with Crippen LogP contribution < -0.4 is 4.74 Å². The SMILES string of the molecule is COc1ccccc1CN1C(=O)CCC1C(=O)N(C)Cc1cccs1. The van der Waals surface area contributed by atoms with Crippen molar-refractivity contribution in [2.45, 2.75) is 32.0 Å². The Kier molecular flexibility index (Phi) is 5.38. The minimum absolute atomic E-state index is 0.00542. The third-order valence-corrected chi connectivity index (χ3v) is 5.36. The number of ether oxygens (including phenoxy) is 1. The molecule has 1 aromatic carbocycles. The number of benzene rings is 1. The number of likely N-dealkylation sites (tertiary alicyclic amines) is 1. The van der Waals surface area contributed by atoms with Crippen molar-refractivity contribution in [3.05, 3.63) is 52.2 Å². The van der Waals surface area contributed by atoms with Gasteiger partial charge in [0.2, 0.25) is 11.8 Å². The minimum Gasteiger partial charge on any atom is -0.496 e. The summed E-state index contributed by atoms with van der Waals surface area (Å²) in [6.45, 7) is 0.968. The lowest BCUT2D eigenvalue weighted by atomic mass is 10.1. The van der Waals surface area contributed by atoms with Crippen LogP contribution in [0.1, 0.15) is 23.3 Å². The third-order valence-electron chi connectivity index (χ3n) is 4.50. The van der Waals surface area contributed by atoms with Crippen LogP contribution in [0, 0.1) is 0 Å².